The SMILES string of the molecule is CC1(NS(=O)(=O)c2c(F)cc(F)cc2Br)CCNC1. The molecule has 1 aliphatic heterocycles. The monoisotopic (exact) mass is 354 g/mol. The molecule has 2 rings (SSSR count). The van der Waals surface area contributed by atoms with E-state index in [1.807, 2.05) is 0 Å². The molecule has 0 aromatic heterocycles. The van der Waals surface area contributed by atoms with Crippen LogP contribution in [0.1, 0.15) is 13.3 Å². The van der Waals surface area contributed by atoms with Crippen molar-refractivity contribution in [1.29, 1.82) is 0 Å². The maximum Gasteiger partial charge on any atom is 0.245 e. The lowest BCUT2D eigenvalue weighted by Gasteiger charge is -2.24. The lowest BCUT2D eigenvalue weighted by molar-refractivity contribution is 0.448. The molecule has 19 heavy (non-hydrogen) atoms. The zero-order chi connectivity index (χ0) is 14.3. The highest BCUT2D eigenvalue weighted by Crippen LogP contribution is 2.28. The maximum absolute atomic E-state index is 13.7. The van der Waals surface area contributed by atoms with Gasteiger partial charge in [0, 0.05) is 22.6 Å². The number of nitrogens with one attached hydrogen (secondary N) is 2. The molecular weight excluding hydrogens is 342 g/mol. The molecule has 0 bridgehead atoms. The van der Waals surface area contributed by atoms with Gasteiger partial charge in [-0.25, -0.2) is 21.9 Å². The van der Waals surface area contributed by atoms with E-state index in [2.05, 4.69) is 26.0 Å². The fourth-order valence-corrected chi connectivity index (χ4v) is 4.67. The van der Waals surface area contributed by atoms with E-state index in [1.165, 1.54) is 0 Å². The first kappa shape index (κ1) is 14.8. The molecular formula is C11H13BrF2N2O2S. The molecule has 0 saturated carbocycles. The maximum atomic E-state index is 13.7. The molecule has 4 nitrogen and oxygen atoms in total. The molecule has 1 aliphatic rings. The normalized spacial score (nSPS) is 23.8. The summed E-state index contributed by atoms with van der Waals surface area (Å²) in [7, 11) is -4.06. The zero-order valence-corrected chi connectivity index (χ0v) is 12.5. The van der Waals surface area contributed by atoms with E-state index < -0.39 is 32.1 Å². The Morgan fingerprint density at radius 2 is 2.11 bits per heavy atom. The van der Waals surface area contributed by atoms with Crippen molar-refractivity contribution in [3.63, 3.8) is 0 Å². The van der Waals surface area contributed by atoms with Crippen LogP contribution in [0.3, 0.4) is 0 Å². The molecule has 0 spiro atoms. The molecule has 1 aromatic rings. The second-order valence-corrected chi connectivity index (χ2v) is 7.27. The molecule has 0 amide bonds. The van der Waals surface area contributed by atoms with Gasteiger partial charge < -0.3 is 5.32 Å². The van der Waals surface area contributed by atoms with Crippen LogP contribution in [0.5, 0.6) is 0 Å². The van der Waals surface area contributed by atoms with E-state index >= 15 is 0 Å². The molecule has 0 radical (unpaired) electrons. The Bertz CT molecular complexity index is 578. The van der Waals surface area contributed by atoms with Gasteiger partial charge >= 0.3 is 0 Å². The van der Waals surface area contributed by atoms with Crippen molar-refractivity contribution >= 4 is 26.0 Å². The van der Waals surface area contributed by atoms with Crippen LogP contribution in [0.25, 0.3) is 0 Å². The van der Waals surface area contributed by atoms with Crippen molar-refractivity contribution in [3.05, 3.63) is 28.2 Å². The first-order valence-corrected chi connectivity index (χ1v) is 7.90. The van der Waals surface area contributed by atoms with Gasteiger partial charge in [-0.1, -0.05) is 0 Å². The highest BCUT2D eigenvalue weighted by molar-refractivity contribution is 9.10. The van der Waals surface area contributed by atoms with Crippen LogP contribution in [0, 0.1) is 11.6 Å². The third kappa shape index (κ3) is 3.13. The predicted molar refractivity (Wildman–Crippen MR) is 70.3 cm³/mol. The van der Waals surface area contributed by atoms with Crippen LogP contribution >= 0.6 is 15.9 Å². The third-order valence-corrected chi connectivity index (χ3v) is 5.58. The molecule has 106 valence electrons. The van der Waals surface area contributed by atoms with Crippen molar-refractivity contribution in [2.75, 3.05) is 13.1 Å². The highest BCUT2D eigenvalue weighted by Gasteiger charge is 2.35. The lowest BCUT2D eigenvalue weighted by Crippen LogP contribution is -2.47. The second kappa shape index (κ2) is 5.08. The summed E-state index contributed by atoms with van der Waals surface area (Å²) in [5.41, 5.74) is -0.668. The number of sulfonamides is 1. The molecule has 1 saturated heterocycles. The third-order valence-electron chi connectivity index (χ3n) is 2.98. The summed E-state index contributed by atoms with van der Waals surface area (Å²) in [5.74, 6) is -1.95. The van der Waals surface area contributed by atoms with Crippen LogP contribution in [0.15, 0.2) is 21.5 Å². The standard InChI is InChI=1S/C11H13BrF2N2O2S/c1-11(2-3-15-6-11)16-19(17,18)10-8(12)4-7(13)5-9(10)14/h4-5,15-16H,2-3,6H2,1H3. The molecule has 1 heterocycles. The largest absolute Gasteiger partial charge is 0.315 e. The fourth-order valence-electron chi connectivity index (χ4n) is 2.07. The molecule has 2 N–H and O–H groups in total. The average Bonchev–Trinajstić information content (AvgIpc) is 2.60. The van der Waals surface area contributed by atoms with Gasteiger partial charge in [0.2, 0.25) is 10.0 Å². The van der Waals surface area contributed by atoms with Crippen molar-refractivity contribution in [2.24, 2.45) is 0 Å². The molecule has 0 aliphatic carbocycles. The summed E-state index contributed by atoms with van der Waals surface area (Å²) in [6.45, 7) is 2.89. The smallest absolute Gasteiger partial charge is 0.245 e. The lowest BCUT2D eigenvalue weighted by atomic mass is 10.0. The van der Waals surface area contributed by atoms with Gasteiger partial charge in [0.05, 0.1) is 0 Å². The van der Waals surface area contributed by atoms with Crippen molar-refractivity contribution in [3.8, 4) is 0 Å². The van der Waals surface area contributed by atoms with Crippen molar-refractivity contribution < 1.29 is 17.2 Å². The van der Waals surface area contributed by atoms with E-state index in [1.54, 1.807) is 6.92 Å². The van der Waals surface area contributed by atoms with Gasteiger partial charge in [0.15, 0.2) is 0 Å². The zero-order valence-electron chi connectivity index (χ0n) is 10.1. The van der Waals surface area contributed by atoms with E-state index in [4.69, 9.17) is 0 Å². The average molecular weight is 355 g/mol. The van der Waals surface area contributed by atoms with Gasteiger partial charge in [-0.2, -0.15) is 0 Å². The fraction of sp³-hybridized carbons (Fsp3) is 0.455. The molecule has 1 aromatic carbocycles. The summed E-state index contributed by atoms with van der Waals surface area (Å²) in [4.78, 5) is -0.568. The summed E-state index contributed by atoms with van der Waals surface area (Å²) in [6.07, 6.45) is 0.604. The van der Waals surface area contributed by atoms with Gasteiger partial charge in [0.25, 0.3) is 0 Å². The van der Waals surface area contributed by atoms with Crippen LogP contribution in [-0.4, -0.2) is 27.0 Å². The second-order valence-electron chi connectivity index (χ2n) is 4.79. The Labute approximate surface area is 118 Å². The number of benzene rings is 1. The van der Waals surface area contributed by atoms with Gasteiger partial charge in [-0.15, -0.1) is 0 Å². The Morgan fingerprint density at radius 1 is 1.42 bits per heavy atom. The minimum atomic E-state index is -4.06. The Morgan fingerprint density at radius 3 is 2.63 bits per heavy atom. The van der Waals surface area contributed by atoms with E-state index in [0.29, 0.717) is 25.6 Å². The quantitative estimate of drug-likeness (QED) is 0.869. The number of halogens is 3. The number of hydrogen-bond acceptors (Lipinski definition) is 3. The summed E-state index contributed by atoms with van der Waals surface area (Å²) in [6, 6.07) is 1.47. The summed E-state index contributed by atoms with van der Waals surface area (Å²) in [5, 5.41) is 3.03. The molecule has 1 unspecified atom stereocenters. The topological polar surface area (TPSA) is 58.2 Å². The molecule has 1 atom stereocenters. The molecule has 8 heteroatoms. The Hall–Kier alpha value is -0.570. The summed E-state index contributed by atoms with van der Waals surface area (Å²) >= 11 is 2.89. The van der Waals surface area contributed by atoms with E-state index in [9.17, 15) is 17.2 Å². The van der Waals surface area contributed by atoms with Crippen LogP contribution < -0.4 is 10.0 Å². The van der Waals surface area contributed by atoms with Crippen LogP contribution in [-0.2, 0) is 10.0 Å². The minimum Gasteiger partial charge on any atom is -0.315 e. The van der Waals surface area contributed by atoms with Crippen LogP contribution in [0.4, 0.5) is 8.78 Å². The van der Waals surface area contributed by atoms with Crippen LogP contribution in [0.2, 0.25) is 0 Å². The van der Waals surface area contributed by atoms with Gasteiger partial charge in [-0.05, 0) is 41.9 Å². The van der Waals surface area contributed by atoms with Crippen molar-refractivity contribution in [2.45, 2.75) is 23.8 Å². The van der Waals surface area contributed by atoms with Gasteiger partial charge in [0.1, 0.15) is 16.5 Å². The van der Waals surface area contributed by atoms with Crippen molar-refractivity contribution in [1.82, 2.24) is 10.0 Å². The Kier molecular flexibility index (Phi) is 3.97. The van der Waals surface area contributed by atoms with E-state index in [-0.39, 0.29) is 4.47 Å². The highest BCUT2D eigenvalue weighted by atomic mass is 79.9. The van der Waals surface area contributed by atoms with E-state index in [0.717, 1.165) is 6.07 Å². The number of rotatable bonds is 3. The summed E-state index contributed by atoms with van der Waals surface area (Å²) < 4.78 is 53.4. The predicted octanol–water partition coefficient (Wildman–Crippen LogP) is 1.76. The first-order chi connectivity index (χ1) is 8.73. The Balaban J connectivity index is 2.40. The minimum absolute atomic E-state index is 0.132. The first-order valence-electron chi connectivity index (χ1n) is 5.63. The van der Waals surface area contributed by atoms with Gasteiger partial charge in [-0.3, -0.25) is 0 Å². The molecule has 1 fully saturated rings. The number of hydrogen-bond donors (Lipinski definition) is 2.